The van der Waals surface area contributed by atoms with Gasteiger partial charge in [0.05, 0.1) is 0 Å². The Balaban J connectivity index is 2.22. The van der Waals surface area contributed by atoms with E-state index in [1.807, 2.05) is 30.7 Å². The zero-order valence-electron chi connectivity index (χ0n) is 8.31. The Kier molecular flexibility index (Phi) is 3.06. The molecule has 2 rings (SSSR count). The van der Waals surface area contributed by atoms with Crippen molar-refractivity contribution in [3.05, 3.63) is 28.6 Å². The quantitative estimate of drug-likeness (QED) is 0.850. The van der Waals surface area contributed by atoms with E-state index >= 15 is 0 Å². The van der Waals surface area contributed by atoms with E-state index in [-0.39, 0.29) is 0 Å². The van der Waals surface area contributed by atoms with Crippen LogP contribution in [0.15, 0.2) is 33.0 Å². The first-order valence-electron chi connectivity index (χ1n) is 4.32. The van der Waals surface area contributed by atoms with Gasteiger partial charge in [-0.2, -0.15) is 0 Å². The number of nitrogens with zero attached hydrogens (tertiary/aromatic N) is 4. The molecule has 0 spiro atoms. The highest BCUT2D eigenvalue weighted by molar-refractivity contribution is 9.10. The van der Waals surface area contributed by atoms with Crippen LogP contribution in [0.5, 0.6) is 0 Å². The molecule has 2 aromatic heterocycles. The highest BCUT2D eigenvalue weighted by atomic mass is 79.9. The molecule has 2 heterocycles. The number of hydrogen-bond donors (Lipinski definition) is 0. The fraction of sp³-hybridized carbons (Fsp3) is 0.222. The van der Waals surface area contributed by atoms with E-state index in [4.69, 9.17) is 0 Å². The van der Waals surface area contributed by atoms with Gasteiger partial charge in [0.1, 0.15) is 10.9 Å². The molecule has 15 heavy (non-hydrogen) atoms. The maximum Gasteiger partial charge on any atom is 0.197 e. The third-order valence-electron chi connectivity index (χ3n) is 1.95. The minimum absolute atomic E-state index is 0.849. The number of rotatable bonds is 2. The molecule has 78 valence electrons. The number of aryl methyl sites for hydroxylation is 1. The Morgan fingerprint density at radius 3 is 2.67 bits per heavy atom. The summed E-state index contributed by atoms with van der Waals surface area (Å²) in [6, 6.07) is 3.90. The lowest BCUT2D eigenvalue weighted by Gasteiger charge is -2.00. The first-order valence-corrected chi connectivity index (χ1v) is 5.93. The molecule has 6 heteroatoms. The Hall–Kier alpha value is -0.880. The highest BCUT2D eigenvalue weighted by Gasteiger charge is 2.07. The van der Waals surface area contributed by atoms with Gasteiger partial charge in [-0.25, -0.2) is 4.98 Å². The molecule has 2 aromatic rings. The fourth-order valence-electron chi connectivity index (χ4n) is 0.993. The number of pyridine rings is 1. The van der Waals surface area contributed by atoms with E-state index in [1.54, 1.807) is 6.20 Å². The summed E-state index contributed by atoms with van der Waals surface area (Å²) in [5, 5.41) is 9.80. The maximum absolute atomic E-state index is 4.26. The van der Waals surface area contributed by atoms with Crippen molar-refractivity contribution in [2.75, 3.05) is 0 Å². The van der Waals surface area contributed by atoms with Crippen molar-refractivity contribution in [2.45, 2.75) is 17.1 Å². The zero-order chi connectivity index (χ0) is 10.8. The molecule has 0 unspecified atom stereocenters. The topological polar surface area (TPSA) is 43.6 Å². The van der Waals surface area contributed by atoms with Crippen molar-refractivity contribution in [1.82, 2.24) is 19.7 Å². The van der Waals surface area contributed by atoms with Gasteiger partial charge in [-0.05, 0) is 46.7 Å². The van der Waals surface area contributed by atoms with Crippen LogP contribution in [-0.4, -0.2) is 19.7 Å². The Labute approximate surface area is 100 Å². The summed E-state index contributed by atoms with van der Waals surface area (Å²) < 4.78 is 2.91. The largest absolute Gasteiger partial charge is 0.309 e. The van der Waals surface area contributed by atoms with Crippen LogP contribution in [0.3, 0.4) is 0 Å². The van der Waals surface area contributed by atoms with Gasteiger partial charge in [0.15, 0.2) is 5.16 Å². The third kappa shape index (κ3) is 2.38. The van der Waals surface area contributed by atoms with Gasteiger partial charge in [-0.15, -0.1) is 10.2 Å². The highest BCUT2D eigenvalue weighted by Crippen LogP contribution is 2.24. The molecule has 0 bridgehead atoms. The van der Waals surface area contributed by atoms with Crippen molar-refractivity contribution in [3.63, 3.8) is 0 Å². The molecule has 0 aliphatic carbocycles. The van der Waals surface area contributed by atoms with E-state index in [0.717, 1.165) is 20.5 Å². The van der Waals surface area contributed by atoms with Crippen LogP contribution in [0.2, 0.25) is 0 Å². The minimum atomic E-state index is 0.849. The minimum Gasteiger partial charge on any atom is -0.309 e. The molecule has 0 fully saturated rings. The lowest BCUT2D eigenvalue weighted by Crippen LogP contribution is -1.93. The van der Waals surface area contributed by atoms with Crippen LogP contribution in [0, 0.1) is 6.92 Å². The number of hydrogen-bond acceptors (Lipinski definition) is 4. The second kappa shape index (κ2) is 4.32. The van der Waals surface area contributed by atoms with Crippen LogP contribution in [0.25, 0.3) is 0 Å². The van der Waals surface area contributed by atoms with Crippen LogP contribution in [0.1, 0.15) is 5.82 Å². The standard InChI is InChI=1S/C9H9BrN4S/c1-6-12-13-9(14(6)2)15-8-4-3-7(10)5-11-8/h3-5H,1-2H3. The summed E-state index contributed by atoms with van der Waals surface area (Å²) in [5.74, 6) is 0.898. The molecule has 0 amide bonds. The van der Waals surface area contributed by atoms with Gasteiger partial charge in [0.2, 0.25) is 0 Å². The van der Waals surface area contributed by atoms with Crippen LogP contribution >= 0.6 is 27.7 Å². The van der Waals surface area contributed by atoms with E-state index in [2.05, 4.69) is 31.1 Å². The van der Waals surface area contributed by atoms with Crippen LogP contribution < -0.4 is 0 Å². The Morgan fingerprint density at radius 1 is 1.33 bits per heavy atom. The average Bonchev–Trinajstić information content (AvgIpc) is 2.53. The molecule has 0 aliphatic heterocycles. The second-order valence-corrected chi connectivity index (χ2v) is 4.91. The molecule has 0 aromatic carbocycles. The van der Waals surface area contributed by atoms with Crippen LogP contribution in [-0.2, 0) is 7.05 Å². The summed E-state index contributed by atoms with van der Waals surface area (Å²) in [6.07, 6.45) is 1.77. The SMILES string of the molecule is Cc1nnc(Sc2ccc(Br)cn2)n1C. The van der Waals surface area contributed by atoms with Gasteiger partial charge >= 0.3 is 0 Å². The molecule has 0 radical (unpaired) electrons. The van der Waals surface area contributed by atoms with Gasteiger partial charge in [0, 0.05) is 17.7 Å². The van der Waals surface area contributed by atoms with E-state index < -0.39 is 0 Å². The summed E-state index contributed by atoms with van der Waals surface area (Å²) in [6.45, 7) is 1.92. The second-order valence-electron chi connectivity index (χ2n) is 3.01. The van der Waals surface area contributed by atoms with Gasteiger partial charge in [0.25, 0.3) is 0 Å². The molecule has 0 atom stereocenters. The summed E-state index contributed by atoms with van der Waals surface area (Å²) in [7, 11) is 1.94. The predicted molar refractivity (Wildman–Crippen MR) is 61.8 cm³/mol. The zero-order valence-corrected chi connectivity index (χ0v) is 10.7. The fourth-order valence-corrected chi connectivity index (χ4v) is 2.01. The van der Waals surface area contributed by atoms with Crippen molar-refractivity contribution in [1.29, 1.82) is 0 Å². The lowest BCUT2D eigenvalue weighted by molar-refractivity contribution is 0.764. The van der Waals surface area contributed by atoms with E-state index in [0.29, 0.717) is 0 Å². The van der Waals surface area contributed by atoms with E-state index in [9.17, 15) is 0 Å². The normalized spacial score (nSPS) is 10.6. The summed E-state index contributed by atoms with van der Waals surface area (Å²) in [5.41, 5.74) is 0. The lowest BCUT2D eigenvalue weighted by atomic mass is 10.5. The van der Waals surface area contributed by atoms with Crippen molar-refractivity contribution in [2.24, 2.45) is 7.05 Å². The monoisotopic (exact) mass is 284 g/mol. The third-order valence-corrected chi connectivity index (χ3v) is 3.41. The van der Waals surface area contributed by atoms with Gasteiger partial charge in [-0.1, -0.05) is 0 Å². The van der Waals surface area contributed by atoms with Crippen molar-refractivity contribution < 1.29 is 0 Å². The average molecular weight is 285 g/mol. The number of halogens is 1. The molecule has 0 aliphatic rings. The first kappa shape index (κ1) is 10.6. The first-order chi connectivity index (χ1) is 7.16. The molecular formula is C9H9BrN4S. The molecule has 4 nitrogen and oxygen atoms in total. The molecule has 0 saturated carbocycles. The van der Waals surface area contributed by atoms with Crippen LogP contribution in [0.4, 0.5) is 0 Å². The number of aromatic nitrogens is 4. The Morgan fingerprint density at radius 2 is 2.13 bits per heavy atom. The van der Waals surface area contributed by atoms with E-state index in [1.165, 1.54) is 11.8 Å². The van der Waals surface area contributed by atoms with Gasteiger partial charge < -0.3 is 4.57 Å². The predicted octanol–water partition coefficient (Wildman–Crippen LogP) is 2.43. The molecule has 0 saturated heterocycles. The summed E-state index contributed by atoms with van der Waals surface area (Å²) >= 11 is 4.85. The molecular weight excluding hydrogens is 276 g/mol. The maximum atomic E-state index is 4.26. The van der Waals surface area contributed by atoms with Gasteiger partial charge in [-0.3, -0.25) is 0 Å². The summed E-state index contributed by atoms with van der Waals surface area (Å²) in [4.78, 5) is 4.26. The van der Waals surface area contributed by atoms with Crippen molar-refractivity contribution >= 4 is 27.7 Å². The smallest absolute Gasteiger partial charge is 0.197 e. The Bertz CT molecular complexity index is 465. The van der Waals surface area contributed by atoms with Crippen molar-refractivity contribution in [3.8, 4) is 0 Å². The molecule has 0 N–H and O–H groups in total.